The fourth-order valence-electron chi connectivity index (χ4n) is 4.25. The molecule has 1 amide bonds. The van der Waals surface area contributed by atoms with Gasteiger partial charge >= 0.3 is 6.09 Å². The predicted molar refractivity (Wildman–Crippen MR) is 106 cm³/mol. The van der Waals surface area contributed by atoms with E-state index in [0.29, 0.717) is 45.6 Å². The van der Waals surface area contributed by atoms with Crippen molar-refractivity contribution in [1.82, 2.24) is 9.80 Å². The number of rotatable bonds is 8. The van der Waals surface area contributed by atoms with Gasteiger partial charge in [-0.15, -0.1) is 0 Å². The zero-order valence-electron chi connectivity index (χ0n) is 16.7. The number of likely N-dealkylation sites (tertiary alicyclic amines) is 2. The van der Waals surface area contributed by atoms with Gasteiger partial charge < -0.3 is 9.64 Å². The summed E-state index contributed by atoms with van der Waals surface area (Å²) in [5.41, 5.74) is -0.204. The number of piperidine rings is 1. The van der Waals surface area contributed by atoms with Crippen molar-refractivity contribution in [3.63, 3.8) is 0 Å². The molecule has 2 heterocycles. The molecule has 0 N–H and O–H groups in total. The first-order valence-electron chi connectivity index (χ1n) is 10.4. The molecule has 2 fully saturated rings. The minimum Gasteiger partial charge on any atom is -0.445 e. The van der Waals surface area contributed by atoms with Crippen molar-refractivity contribution in [3.05, 3.63) is 35.9 Å². The molecule has 154 valence electrons. The van der Waals surface area contributed by atoms with Crippen LogP contribution >= 0.6 is 0 Å². The number of alkyl halides is 1. The van der Waals surface area contributed by atoms with Crippen LogP contribution in [0.3, 0.4) is 0 Å². The molecule has 2 aliphatic heterocycles. The number of amides is 1. The first kappa shape index (κ1) is 20.8. The molecule has 0 aliphatic carbocycles. The van der Waals surface area contributed by atoms with Gasteiger partial charge in [-0.2, -0.15) is 0 Å². The second kappa shape index (κ2) is 9.50. The number of ketones is 1. The molecular weight excluding hydrogens is 359 g/mol. The van der Waals surface area contributed by atoms with Crippen molar-refractivity contribution in [1.29, 1.82) is 0 Å². The van der Waals surface area contributed by atoms with E-state index >= 15 is 0 Å². The molecule has 2 aliphatic rings. The molecule has 0 radical (unpaired) electrons. The summed E-state index contributed by atoms with van der Waals surface area (Å²) in [6, 6.07) is 9.62. The molecular formula is C22H31FN2O3. The average Bonchev–Trinajstić information content (AvgIpc) is 2.66. The van der Waals surface area contributed by atoms with Crippen LogP contribution in [0.25, 0.3) is 0 Å². The van der Waals surface area contributed by atoms with E-state index in [1.54, 1.807) is 4.90 Å². The Bertz CT molecular complexity index is 653. The van der Waals surface area contributed by atoms with Crippen molar-refractivity contribution in [3.8, 4) is 0 Å². The van der Waals surface area contributed by atoms with Gasteiger partial charge in [0.25, 0.3) is 0 Å². The number of ether oxygens (including phenoxy) is 1. The fraction of sp³-hybridized carbons (Fsp3) is 0.636. The predicted octanol–water partition coefficient (Wildman–Crippen LogP) is 3.82. The van der Waals surface area contributed by atoms with Crippen LogP contribution in [0.15, 0.2) is 30.3 Å². The molecule has 5 nitrogen and oxygen atoms in total. The van der Waals surface area contributed by atoms with Gasteiger partial charge in [-0.25, -0.2) is 9.18 Å². The molecule has 0 bridgehead atoms. The van der Waals surface area contributed by atoms with Crippen molar-refractivity contribution in [2.75, 3.05) is 32.7 Å². The zero-order chi connectivity index (χ0) is 20.0. The number of carbonyl (C=O) groups excluding carboxylic acids is 2. The smallest absolute Gasteiger partial charge is 0.410 e. The van der Waals surface area contributed by atoms with E-state index in [2.05, 4.69) is 0 Å². The van der Waals surface area contributed by atoms with E-state index in [0.717, 1.165) is 24.8 Å². The number of hydrogen-bond acceptors (Lipinski definition) is 4. The summed E-state index contributed by atoms with van der Waals surface area (Å²) >= 11 is 0. The first-order valence-corrected chi connectivity index (χ1v) is 10.4. The summed E-state index contributed by atoms with van der Waals surface area (Å²) in [7, 11) is 0. The van der Waals surface area contributed by atoms with Crippen LogP contribution in [0.4, 0.5) is 9.18 Å². The zero-order valence-corrected chi connectivity index (χ0v) is 16.7. The summed E-state index contributed by atoms with van der Waals surface area (Å²) in [6.45, 7) is 4.60. The lowest BCUT2D eigenvalue weighted by molar-refractivity contribution is -0.125. The van der Waals surface area contributed by atoms with Crippen LogP contribution in [0.2, 0.25) is 0 Å². The third-order valence-electron chi connectivity index (χ3n) is 5.68. The molecule has 6 heteroatoms. The van der Waals surface area contributed by atoms with Crippen LogP contribution in [0.1, 0.15) is 44.6 Å². The van der Waals surface area contributed by atoms with Crippen molar-refractivity contribution < 1.29 is 18.7 Å². The SMILES string of the molecule is CCCC(=O)CN1CC(F)(CC2CCN(C(=O)OCc3ccccc3)CC2)C1. The van der Waals surface area contributed by atoms with E-state index in [-0.39, 0.29) is 24.4 Å². The highest BCUT2D eigenvalue weighted by atomic mass is 19.1. The standard InChI is InChI=1S/C22H31FN2O3/c1-2-6-20(26)14-24-16-22(23,17-24)13-18-9-11-25(12-10-18)21(27)28-15-19-7-4-3-5-8-19/h3-5,7-8,18H,2,6,9-17H2,1H3. The van der Waals surface area contributed by atoms with Gasteiger partial charge in [-0.3, -0.25) is 9.69 Å². The van der Waals surface area contributed by atoms with E-state index in [1.165, 1.54) is 0 Å². The number of halogens is 1. The maximum atomic E-state index is 14.9. The number of nitrogens with zero attached hydrogens (tertiary/aromatic N) is 2. The number of benzene rings is 1. The second-order valence-corrected chi connectivity index (χ2v) is 8.26. The molecule has 3 rings (SSSR count). The largest absolute Gasteiger partial charge is 0.445 e. The number of Topliss-reactive ketones (excluding diaryl/α,β-unsaturated/α-hetero) is 1. The monoisotopic (exact) mass is 390 g/mol. The van der Waals surface area contributed by atoms with Crippen LogP contribution in [0, 0.1) is 5.92 Å². The Kier molecular flexibility index (Phi) is 7.05. The topological polar surface area (TPSA) is 49.9 Å². The third kappa shape index (κ3) is 5.77. The average molecular weight is 390 g/mol. The van der Waals surface area contributed by atoms with E-state index < -0.39 is 5.67 Å². The van der Waals surface area contributed by atoms with Gasteiger partial charge in [0.15, 0.2) is 0 Å². The van der Waals surface area contributed by atoms with E-state index in [9.17, 15) is 14.0 Å². The maximum absolute atomic E-state index is 14.9. The molecule has 0 aromatic heterocycles. The summed E-state index contributed by atoms with van der Waals surface area (Å²) in [6.07, 6.45) is 3.27. The summed E-state index contributed by atoms with van der Waals surface area (Å²) in [5.74, 6) is 0.489. The Hall–Kier alpha value is -1.95. The molecule has 0 saturated carbocycles. The Morgan fingerprint density at radius 1 is 1.18 bits per heavy atom. The summed E-state index contributed by atoms with van der Waals surface area (Å²) < 4.78 is 20.3. The first-order chi connectivity index (χ1) is 13.5. The molecule has 1 aromatic carbocycles. The quantitative estimate of drug-likeness (QED) is 0.677. The minimum absolute atomic E-state index is 0.201. The van der Waals surface area contributed by atoms with Gasteiger partial charge in [0, 0.05) is 32.6 Å². The summed E-state index contributed by atoms with van der Waals surface area (Å²) in [5, 5.41) is 0. The van der Waals surface area contributed by atoms with E-state index in [1.807, 2.05) is 42.2 Å². The normalized spacial score (nSPS) is 19.9. The van der Waals surface area contributed by atoms with Crippen LogP contribution < -0.4 is 0 Å². The molecule has 0 atom stereocenters. The van der Waals surface area contributed by atoms with Gasteiger partial charge in [-0.05, 0) is 37.2 Å². The van der Waals surface area contributed by atoms with Crippen molar-refractivity contribution in [2.24, 2.45) is 5.92 Å². The lowest BCUT2D eigenvalue weighted by Gasteiger charge is -2.46. The Balaban J connectivity index is 1.34. The Morgan fingerprint density at radius 3 is 2.50 bits per heavy atom. The molecule has 0 unspecified atom stereocenters. The molecule has 2 saturated heterocycles. The van der Waals surface area contributed by atoms with E-state index in [4.69, 9.17) is 4.74 Å². The van der Waals surface area contributed by atoms with Crippen LogP contribution in [-0.2, 0) is 16.1 Å². The number of carbonyl (C=O) groups is 2. The van der Waals surface area contributed by atoms with Crippen LogP contribution in [-0.4, -0.2) is 60.1 Å². The van der Waals surface area contributed by atoms with Gasteiger partial charge in [0.05, 0.1) is 6.54 Å². The minimum atomic E-state index is -1.17. The fourth-order valence-corrected chi connectivity index (χ4v) is 4.25. The third-order valence-corrected chi connectivity index (χ3v) is 5.68. The molecule has 0 spiro atoms. The highest BCUT2D eigenvalue weighted by Crippen LogP contribution is 2.35. The lowest BCUT2D eigenvalue weighted by atomic mass is 9.81. The Morgan fingerprint density at radius 2 is 1.86 bits per heavy atom. The van der Waals surface area contributed by atoms with Gasteiger partial charge in [-0.1, -0.05) is 37.3 Å². The van der Waals surface area contributed by atoms with Crippen molar-refractivity contribution >= 4 is 11.9 Å². The van der Waals surface area contributed by atoms with Gasteiger partial charge in [0.2, 0.25) is 0 Å². The Labute approximate surface area is 166 Å². The highest BCUT2D eigenvalue weighted by Gasteiger charge is 2.45. The maximum Gasteiger partial charge on any atom is 0.410 e. The second-order valence-electron chi connectivity index (χ2n) is 8.26. The lowest BCUT2D eigenvalue weighted by Crippen LogP contribution is -2.61. The summed E-state index contributed by atoms with van der Waals surface area (Å²) in [4.78, 5) is 27.5. The highest BCUT2D eigenvalue weighted by molar-refractivity contribution is 5.80. The van der Waals surface area contributed by atoms with Crippen molar-refractivity contribution in [2.45, 2.75) is 51.3 Å². The number of hydrogen-bond donors (Lipinski definition) is 0. The molecule has 1 aromatic rings. The van der Waals surface area contributed by atoms with Gasteiger partial charge in [0.1, 0.15) is 18.1 Å². The molecule has 28 heavy (non-hydrogen) atoms. The van der Waals surface area contributed by atoms with Crippen LogP contribution in [0.5, 0.6) is 0 Å².